The van der Waals surface area contributed by atoms with Crippen LogP contribution in [0.1, 0.15) is 12.6 Å². The van der Waals surface area contributed by atoms with E-state index in [2.05, 4.69) is 21.4 Å². The molecule has 80 valence electrons. The van der Waals surface area contributed by atoms with E-state index in [1.54, 1.807) is 7.11 Å². The number of hydrogen-bond donors (Lipinski definition) is 0. The molecule has 6 heteroatoms. The highest BCUT2D eigenvalue weighted by atomic mass is 35.5. The molecule has 0 aliphatic carbocycles. The molecule has 1 aromatic heterocycles. The Morgan fingerprint density at radius 3 is 2.86 bits per heavy atom. The first-order chi connectivity index (χ1) is 6.77. The van der Waals surface area contributed by atoms with Gasteiger partial charge in [0.1, 0.15) is 10.0 Å². The van der Waals surface area contributed by atoms with Crippen molar-refractivity contribution in [1.82, 2.24) is 14.5 Å². The molecule has 0 saturated carbocycles. The van der Waals surface area contributed by atoms with E-state index < -0.39 is 0 Å². The van der Waals surface area contributed by atoms with Crippen LogP contribution in [0.2, 0.25) is 4.34 Å². The van der Waals surface area contributed by atoms with Gasteiger partial charge in [0.15, 0.2) is 0 Å². The van der Waals surface area contributed by atoms with E-state index >= 15 is 0 Å². The molecule has 1 rings (SSSR count). The van der Waals surface area contributed by atoms with Crippen LogP contribution in [0, 0.1) is 0 Å². The van der Waals surface area contributed by atoms with Gasteiger partial charge in [-0.25, -0.2) is 0 Å². The lowest BCUT2D eigenvalue weighted by atomic mass is 10.4. The molecule has 0 aromatic carbocycles. The van der Waals surface area contributed by atoms with Crippen molar-refractivity contribution in [2.45, 2.75) is 13.5 Å². The van der Waals surface area contributed by atoms with Crippen molar-refractivity contribution in [2.75, 3.05) is 26.8 Å². The van der Waals surface area contributed by atoms with Crippen LogP contribution < -0.4 is 0 Å². The van der Waals surface area contributed by atoms with Crippen LogP contribution in [0.4, 0.5) is 0 Å². The summed E-state index contributed by atoms with van der Waals surface area (Å²) in [4.78, 5) is 2.21. The molecule has 0 saturated heterocycles. The predicted molar refractivity (Wildman–Crippen MR) is 57.7 cm³/mol. The van der Waals surface area contributed by atoms with E-state index in [0.29, 0.717) is 4.34 Å². The van der Waals surface area contributed by atoms with Crippen molar-refractivity contribution in [2.24, 2.45) is 0 Å². The number of halogens is 1. The Morgan fingerprint density at radius 2 is 2.36 bits per heavy atom. The van der Waals surface area contributed by atoms with Gasteiger partial charge in [-0.15, -0.1) is 5.10 Å². The molecule has 0 fully saturated rings. The standard InChI is InChI=1S/C8H14ClN3OS/c1-3-12(4-5-13-2)6-7-8(9)14-11-10-7/h3-6H2,1-2H3. The molecule has 0 unspecified atom stereocenters. The summed E-state index contributed by atoms with van der Waals surface area (Å²) in [6.45, 7) is 5.42. The summed E-state index contributed by atoms with van der Waals surface area (Å²) in [5.74, 6) is 0. The molecule has 0 aliphatic rings. The smallest absolute Gasteiger partial charge is 0.138 e. The topological polar surface area (TPSA) is 38.2 Å². The Morgan fingerprint density at radius 1 is 1.57 bits per heavy atom. The normalized spacial score (nSPS) is 11.1. The van der Waals surface area contributed by atoms with Crippen LogP contribution in [0.5, 0.6) is 0 Å². The van der Waals surface area contributed by atoms with Gasteiger partial charge < -0.3 is 4.74 Å². The number of likely N-dealkylation sites (N-methyl/N-ethyl adjacent to an activating group) is 1. The fraction of sp³-hybridized carbons (Fsp3) is 0.750. The Hall–Kier alpha value is -0.230. The maximum Gasteiger partial charge on any atom is 0.138 e. The molecule has 0 radical (unpaired) electrons. The monoisotopic (exact) mass is 235 g/mol. The highest BCUT2D eigenvalue weighted by Gasteiger charge is 2.09. The minimum Gasteiger partial charge on any atom is -0.383 e. The number of rotatable bonds is 6. The summed E-state index contributed by atoms with van der Waals surface area (Å²) >= 11 is 7.14. The van der Waals surface area contributed by atoms with Crippen molar-refractivity contribution in [3.8, 4) is 0 Å². The van der Waals surface area contributed by atoms with Crippen molar-refractivity contribution < 1.29 is 4.74 Å². The number of nitrogens with zero attached hydrogens (tertiary/aromatic N) is 3. The van der Waals surface area contributed by atoms with Gasteiger partial charge in [0.05, 0.1) is 6.61 Å². The first-order valence-electron chi connectivity index (χ1n) is 4.46. The molecular weight excluding hydrogens is 222 g/mol. The SMILES string of the molecule is CCN(CCOC)Cc1nnsc1Cl. The average molecular weight is 236 g/mol. The molecule has 1 heterocycles. The van der Waals surface area contributed by atoms with Crippen LogP contribution in [0.25, 0.3) is 0 Å². The zero-order valence-electron chi connectivity index (χ0n) is 8.36. The Balaban J connectivity index is 2.44. The maximum absolute atomic E-state index is 5.91. The van der Waals surface area contributed by atoms with Crippen molar-refractivity contribution in [3.63, 3.8) is 0 Å². The Kier molecular flexibility index (Phi) is 5.32. The van der Waals surface area contributed by atoms with Crippen LogP contribution in [-0.4, -0.2) is 41.3 Å². The lowest BCUT2D eigenvalue weighted by Gasteiger charge is -2.18. The average Bonchev–Trinajstić information content (AvgIpc) is 2.59. The zero-order chi connectivity index (χ0) is 10.4. The second-order valence-corrected chi connectivity index (χ2v) is 4.21. The second-order valence-electron chi connectivity index (χ2n) is 2.85. The summed E-state index contributed by atoms with van der Waals surface area (Å²) in [6, 6.07) is 0. The van der Waals surface area contributed by atoms with Gasteiger partial charge in [0.25, 0.3) is 0 Å². The van der Waals surface area contributed by atoms with Gasteiger partial charge in [-0.05, 0) is 6.54 Å². The van der Waals surface area contributed by atoms with Gasteiger partial charge in [-0.3, -0.25) is 4.90 Å². The summed E-state index contributed by atoms with van der Waals surface area (Å²) in [6.07, 6.45) is 0. The Labute approximate surface area is 93.0 Å². The van der Waals surface area contributed by atoms with Gasteiger partial charge in [0.2, 0.25) is 0 Å². The third kappa shape index (κ3) is 3.49. The summed E-state index contributed by atoms with van der Waals surface area (Å²) in [5.41, 5.74) is 0.856. The molecule has 4 nitrogen and oxygen atoms in total. The Bertz CT molecular complexity index is 269. The fourth-order valence-corrected chi connectivity index (χ4v) is 1.68. The summed E-state index contributed by atoms with van der Waals surface area (Å²) < 4.78 is 9.49. The van der Waals surface area contributed by atoms with E-state index in [0.717, 1.165) is 31.9 Å². The quantitative estimate of drug-likeness (QED) is 0.752. The first-order valence-corrected chi connectivity index (χ1v) is 5.61. The predicted octanol–water partition coefficient (Wildman–Crippen LogP) is 1.66. The molecule has 1 aromatic rings. The molecule has 0 aliphatic heterocycles. The van der Waals surface area contributed by atoms with Crippen LogP contribution in [-0.2, 0) is 11.3 Å². The number of hydrogen-bond acceptors (Lipinski definition) is 5. The number of methoxy groups -OCH3 is 1. The molecule has 14 heavy (non-hydrogen) atoms. The summed E-state index contributed by atoms with van der Waals surface area (Å²) in [7, 11) is 1.70. The largest absolute Gasteiger partial charge is 0.383 e. The van der Waals surface area contributed by atoms with E-state index in [1.165, 1.54) is 11.5 Å². The van der Waals surface area contributed by atoms with Crippen LogP contribution in [0.3, 0.4) is 0 Å². The third-order valence-corrected chi connectivity index (χ3v) is 2.93. The molecular formula is C8H14ClN3OS. The summed E-state index contributed by atoms with van der Waals surface area (Å²) in [5, 5.41) is 3.97. The minimum absolute atomic E-state index is 0.681. The van der Waals surface area contributed by atoms with Gasteiger partial charge in [-0.1, -0.05) is 23.0 Å². The van der Waals surface area contributed by atoms with Gasteiger partial charge in [-0.2, -0.15) is 0 Å². The third-order valence-electron chi connectivity index (χ3n) is 1.94. The lowest BCUT2D eigenvalue weighted by molar-refractivity contribution is 0.147. The van der Waals surface area contributed by atoms with Crippen molar-refractivity contribution in [1.29, 1.82) is 0 Å². The number of ether oxygens (including phenoxy) is 1. The van der Waals surface area contributed by atoms with Gasteiger partial charge >= 0.3 is 0 Å². The van der Waals surface area contributed by atoms with Crippen LogP contribution in [0.15, 0.2) is 0 Å². The van der Waals surface area contributed by atoms with Crippen LogP contribution >= 0.6 is 23.1 Å². The first kappa shape index (κ1) is 11.8. The molecule has 0 bridgehead atoms. The van der Waals surface area contributed by atoms with Crippen molar-refractivity contribution >= 4 is 23.1 Å². The molecule has 0 spiro atoms. The van der Waals surface area contributed by atoms with E-state index in [-0.39, 0.29) is 0 Å². The molecule has 0 amide bonds. The van der Waals surface area contributed by atoms with E-state index in [9.17, 15) is 0 Å². The molecule has 0 atom stereocenters. The fourth-order valence-electron chi connectivity index (χ4n) is 1.07. The highest BCUT2D eigenvalue weighted by Crippen LogP contribution is 2.18. The molecule has 0 N–H and O–H groups in total. The van der Waals surface area contributed by atoms with E-state index in [4.69, 9.17) is 16.3 Å². The van der Waals surface area contributed by atoms with Crippen molar-refractivity contribution in [3.05, 3.63) is 10.0 Å². The highest BCUT2D eigenvalue weighted by molar-refractivity contribution is 7.10. The van der Waals surface area contributed by atoms with E-state index in [1.807, 2.05) is 0 Å². The maximum atomic E-state index is 5.91. The zero-order valence-corrected chi connectivity index (χ0v) is 9.94. The minimum atomic E-state index is 0.681. The lowest BCUT2D eigenvalue weighted by Crippen LogP contribution is -2.26. The number of aromatic nitrogens is 2. The second kappa shape index (κ2) is 6.29. The van der Waals surface area contributed by atoms with Gasteiger partial charge in [0, 0.05) is 31.7 Å².